The number of morpholine rings is 1. The van der Waals surface area contributed by atoms with Gasteiger partial charge in [-0.2, -0.15) is 0 Å². The first-order valence-corrected chi connectivity index (χ1v) is 44.3. The van der Waals surface area contributed by atoms with Crippen LogP contribution in [-0.2, 0) is 39.7 Å². The van der Waals surface area contributed by atoms with E-state index in [9.17, 15) is 39.8 Å². The minimum absolute atomic E-state index is 0.0443. The number of phenols is 3. The third kappa shape index (κ3) is 19.3. The monoisotopic (exact) mass is 1860 g/mol. The smallest absolute Gasteiger partial charge is 0.519 e. The van der Waals surface area contributed by atoms with Crippen molar-refractivity contribution < 1.29 is 63.0 Å². The van der Waals surface area contributed by atoms with E-state index in [-0.39, 0.29) is 39.1 Å². The third-order valence-electron chi connectivity index (χ3n) is 20.3. The van der Waals surface area contributed by atoms with E-state index in [4.69, 9.17) is 32.9 Å². The number of nitrogens with zero attached hydrogens (tertiary/aromatic N) is 1. The van der Waals surface area contributed by atoms with Crippen molar-refractivity contribution in [2.75, 3.05) is 31.2 Å². The molecule has 8 heterocycles. The molecule has 16 nitrogen and oxygen atoms in total. The molecule has 2 saturated heterocycles. The van der Waals surface area contributed by atoms with Gasteiger partial charge in [-0.1, -0.05) is 182 Å². The molecule has 594 valence electrons. The van der Waals surface area contributed by atoms with Crippen molar-refractivity contribution in [3.8, 4) is 40.1 Å². The van der Waals surface area contributed by atoms with Crippen molar-refractivity contribution in [2.45, 2.75) is 122 Å². The molecule has 0 unspecified atom stereocenters. The Balaban J connectivity index is 0.000000119. The molecule has 6 N–H and O–H groups in total. The molecule has 0 atom stereocenters. The summed E-state index contributed by atoms with van der Waals surface area (Å²) < 4.78 is 39.7. The van der Waals surface area contributed by atoms with Crippen LogP contribution < -0.4 is 30.5 Å². The van der Waals surface area contributed by atoms with Crippen LogP contribution in [0.2, 0.25) is 13.6 Å². The molecule has 0 spiro atoms. The van der Waals surface area contributed by atoms with Crippen molar-refractivity contribution in [2.24, 2.45) is 0 Å². The van der Waals surface area contributed by atoms with E-state index in [0.29, 0.717) is 76.2 Å². The van der Waals surface area contributed by atoms with E-state index in [1.165, 1.54) is 77.6 Å². The Kier molecular flexibility index (Phi) is 27.0. The van der Waals surface area contributed by atoms with Gasteiger partial charge in [0.1, 0.15) is 34.5 Å². The summed E-state index contributed by atoms with van der Waals surface area (Å²) in [5.41, 5.74) is 10.9. The van der Waals surface area contributed by atoms with Crippen LogP contribution in [0.25, 0.3) is 31.5 Å². The Bertz CT molecular complexity index is 6000. The molecule has 0 radical (unpaired) electrons. The summed E-state index contributed by atoms with van der Waals surface area (Å²) in [4.78, 5) is 46.4. The number of halogens is 3. The fraction of sp³-hybridized carbons (Fsp3) is 0.180. The molecule has 0 saturated carbocycles. The average molecular weight is 1870 g/mol. The number of ether oxygens (including phenoxy) is 1. The molecule has 2 aromatic heterocycles. The summed E-state index contributed by atoms with van der Waals surface area (Å²) in [5, 5.41) is 59.1. The van der Waals surface area contributed by atoms with Crippen LogP contribution in [0.5, 0.6) is 28.7 Å². The van der Waals surface area contributed by atoms with Crippen LogP contribution in [0.3, 0.4) is 0 Å². The number of aromatic carboxylic acids is 1. The van der Waals surface area contributed by atoms with Gasteiger partial charge in [0.15, 0.2) is 16.7 Å². The maximum atomic E-state index is 12.4. The molecule has 0 bridgehead atoms. The topological polar surface area (TPSA) is 235 Å². The Morgan fingerprint density at radius 3 is 1.51 bits per heavy atom. The first kappa shape index (κ1) is 85.1. The zero-order chi connectivity index (χ0) is 82.6. The van der Waals surface area contributed by atoms with Crippen molar-refractivity contribution in [3.63, 3.8) is 0 Å². The largest absolute Gasteiger partial charge is 0.535 e. The van der Waals surface area contributed by atoms with Gasteiger partial charge in [0.05, 0.1) is 59.6 Å². The zero-order valence-corrected chi connectivity index (χ0v) is 73.8. The Morgan fingerprint density at radius 2 is 0.966 bits per heavy atom. The molecule has 28 heteroatoms. The molecule has 6 aliphatic heterocycles. The van der Waals surface area contributed by atoms with Crippen molar-refractivity contribution in [3.05, 3.63) is 302 Å². The number of phenolic OH excluding ortho intramolecular Hbond substituents is 3. The number of benzene rings is 11. The highest BCUT2D eigenvalue weighted by Gasteiger charge is 2.53. The highest BCUT2D eigenvalue weighted by molar-refractivity contribution is 9.11. The Morgan fingerprint density at radius 1 is 0.521 bits per heavy atom. The normalized spacial score (nSPS) is 14.5. The van der Waals surface area contributed by atoms with Gasteiger partial charge < -0.3 is 63.1 Å². The minimum Gasteiger partial charge on any atom is -0.535 e. The quantitative estimate of drug-likeness (QED) is 0.0425. The summed E-state index contributed by atoms with van der Waals surface area (Å²) in [6.45, 7) is 14.1. The van der Waals surface area contributed by atoms with Crippen molar-refractivity contribution >= 4 is 178 Å². The first-order valence-electron chi connectivity index (χ1n) is 37.4. The fourth-order valence-electron chi connectivity index (χ4n) is 13.8. The summed E-state index contributed by atoms with van der Waals surface area (Å²) in [5.74, 6) is 2.37. The van der Waals surface area contributed by atoms with E-state index < -0.39 is 27.3 Å². The SMILES string of the molecule is CB(O)Oc1ccc(B2OC(C)(C)C(C)(C)O2)c2c1Sc1ccccc1C2.CB(O)Oc1ccc(Br)c2c1Sc1ccccc1C2.O=C(O)c1ccccc1S.O=c1c2ccccc2sc2c(O)ccc(Br)c12.O=c1cc(-c2ccc(O)c3c2Cc2ccccc2S3)oc(N2CCOCC2)c1.Oc1ccc(Br)c2c1Sc1ccccc1C2. The number of rotatable bonds is 8. The van der Waals surface area contributed by atoms with Gasteiger partial charge in [-0.15, -0.1) is 24.0 Å². The number of fused-ring (bicyclic) bond motifs is 10. The molecule has 0 aliphatic carbocycles. The number of hydrogen-bond donors (Lipinski definition) is 7. The second-order valence-corrected chi connectivity index (χ2v) is 37.1. The number of aromatic hydroxyl groups is 3. The molecule has 19 rings (SSSR count). The van der Waals surface area contributed by atoms with Gasteiger partial charge >= 0.3 is 27.3 Å². The van der Waals surface area contributed by atoms with Crippen LogP contribution in [0.4, 0.5) is 5.88 Å². The van der Waals surface area contributed by atoms with Crippen LogP contribution in [0, 0.1) is 0 Å². The van der Waals surface area contributed by atoms with Crippen molar-refractivity contribution in [1.29, 1.82) is 0 Å². The van der Waals surface area contributed by atoms with Gasteiger partial charge in [0, 0.05) is 98.0 Å². The fourth-order valence-corrected chi connectivity index (χ4v) is 21.5. The van der Waals surface area contributed by atoms with Gasteiger partial charge in [-0.3, -0.25) is 9.59 Å². The number of hydrogen-bond acceptors (Lipinski definition) is 21. The molecular weight excluding hydrogens is 1790 g/mol. The molecule has 0 amide bonds. The van der Waals surface area contributed by atoms with E-state index in [0.717, 1.165) is 89.8 Å². The van der Waals surface area contributed by atoms with Gasteiger partial charge in [-0.05, 0) is 217 Å². The average Bonchev–Trinajstić information content (AvgIpc) is 1.71. The Labute approximate surface area is 730 Å². The lowest BCUT2D eigenvalue weighted by Gasteiger charge is -2.32. The summed E-state index contributed by atoms with van der Waals surface area (Å²) in [7, 11) is -2.09. The number of anilines is 1. The van der Waals surface area contributed by atoms with E-state index in [2.05, 4.69) is 155 Å². The number of thiol groups is 1. The van der Waals surface area contributed by atoms with Gasteiger partial charge in [0.2, 0.25) is 0 Å². The minimum atomic E-state index is -0.939. The highest BCUT2D eigenvalue weighted by Crippen LogP contribution is 2.52. The second-order valence-electron chi connectivity index (χ2n) is 28.8. The molecule has 11 aromatic carbocycles. The number of carboxylic acid groups (broad SMARTS) is 1. The predicted molar refractivity (Wildman–Crippen MR) is 485 cm³/mol. The molecule has 2 fully saturated rings. The number of carboxylic acids is 1. The van der Waals surface area contributed by atoms with E-state index >= 15 is 0 Å². The molecule has 13 aromatic rings. The lowest BCUT2D eigenvalue weighted by Crippen LogP contribution is -2.41. The van der Waals surface area contributed by atoms with Crippen LogP contribution in [-0.4, -0.2) is 95.3 Å². The van der Waals surface area contributed by atoms with E-state index in [1.807, 2.05) is 95.9 Å². The number of carbonyl (C=O) groups is 1. The summed E-state index contributed by atoms with van der Waals surface area (Å²) in [6.07, 6.45) is 3.24. The maximum Gasteiger partial charge on any atom is 0.519 e. The summed E-state index contributed by atoms with van der Waals surface area (Å²) >= 11 is 22.5. The van der Waals surface area contributed by atoms with Crippen LogP contribution in [0.15, 0.2) is 290 Å². The predicted octanol–water partition coefficient (Wildman–Crippen LogP) is 21.2. The second kappa shape index (κ2) is 37.1. The van der Waals surface area contributed by atoms with Gasteiger partial charge in [-0.25, -0.2) is 4.79 Å². The molecule has 6 aliphatic rings. The maximum absolute atomic E-state index is 12.4. The first-order chi connectivity index (χ1) is 56.2. The molecular formula is C89H77B3Br3NO15S6. The van der Waals surface area contributed by atoms with Crippen LogP contribution >= 0.6 is 119 Å². The molecule has 117 heavy (non-hydrogen) atoms. The summed E-state index contributed by atoms with van der Waals surface area (Å²) in [6, 6.07) is 68.6. The van der Waals surface area contributed by atoms with Crippen LogP contribution in [0.1, 0.15) is 82.6 Å². The standard InChI is InChI=1S/C22H19NO4S.C20H24B2O4S.C14H12BBrO2S.C13H7BrO2S.C13H9BrOS.C7H6O2S/c24-15-12-19(27-21(13-15)23-7-9-26-10-8-23)16-5-6-18(25)22-17(16)11-14-3-1-2-4-20(14)28-22;1-19(2)20(3,4)26-22(25-19)15-10-11-16(24-21(5)23)18-14(15)12-13-8-6-7-9-17(13)27-18;1-15(17)18-12-7-6-11(16)10-8-9-4-2-3-5-13(9)19-14(10)12;14-8-5-6-9(15)13-11(8)12(16)7-3-1-2-4-10(7)17-13;14-10-5-6-11(15)13-9(10)7-8-3-1-2-4-12(8)16-13;8-7(9)5-3-1-2-4-6(5)10/h1-6,12-13,25H,7-11H2;6-11,23H,12H2,1-5H3;2-7,17H,8H2,1H3;1-6,15H;1-6,15H,7H2;1-4,10H,(H,8,9). The highest BCUT2D eigenvalue weighted by atomic mass is 79.9. The Hall–Kier alpha value is -8.29. The van der Waals surface area contributed by atoms with E-state index in [1.54, 1.807) is 103 Å². The van der Waals surface area contributed by atoms with Crippen molar-refractivity contribution in [1.82, 2.24) is 0 Å². The van der Waals surface area contributed by atoms with Gasteiger partial charge in [0.25, 0.3) is 0 Å². The lowest BCUT2D eigenvalue weighted by molar-refractivity contribution is 0.00578. The lowest BCUT2D eigenvalue weighted by atomic mass is 9.74. The zero-order valence-electron chi connectivity index (χ0n) is 64.1. The third-order valence-corrected chi connectivity index (χ3v) is 29.1.